The molecule has 2 atom stereocenters. The van der Waals surface area contributed by atoms with Gasteiger partial charge in [0.25, 0.3) is 0 Å². The van der Waals surface area contributed by atoms with E-state index >= 15 is 0 Å². The first-order valence-electron chi connectivity index (χ1n) is 9.91. The SMILES string of the molecule is COC(C)c1nc(CN(C)C(=NCc2nnc(C)n2C)NCC2CCCO2)cs1. The number of rotatable bonds is 8. The largest absolute Gasteiger partial charge is 0.376 e. The third-order valence-corrected chi connectivity index (χ3v) is 6.15. The molecule has 9 nitrogen and oxygen atoms in total. The maximum absolute atomic E-state index is 5.74. The number of hydrogen-bond donors (Lipinski definition) is 1. The molecule has 1 fully saturated rings. The maximum atomic E-state index is 5.74. The summed E-state index contributed by atoms with van der Waals surface area (Å²) in [6.45, 7) is 6.63. The predicted molar refractivity (Wildman–Crippen MR) is 113 cm³/mol. The van der Waals surface area contributed by atoms with Gasteiger partial charge in [0.2, 0.25) is 0 Å². The smallest absolute Gasteiger partial charge is 0.194 e. The molecule has 0 aliphatic carbocycles. The van der Waals surface area contributed by atoms with Crippen molar-refractivity contribution < 1.29 is 9.47 Å². The molecule has 0 amide bonds. The summed E-state index contributed by atoms with van der Waals surface area (Å²) in [6, 6.07) is 0. The van der Waals surface area contributed by atoms with Gasteiger partial charge in [0, 0.05) is 39.7 Å². The minimum atomic E-state index is 0.00369. The van der Waals surface area contributed by atoms with Gasteiger partial charge in [0.05, 0.1) is 18.3 Å². The third-order valence-electron chi connectivity index (χ3n) is 5.10. The summed E-state index contributed by atoms with van der Waals surface area (Å²) in [4.78, 5) is 11.6. The van der Waals surface area contributed by atoms with Crippen molar-refractivity contribution in [3.63, 3.8) is 0 Å². The first-order chi connectivity index (χ1) is 14.0. The molecule has 3 rings (SSSR count). The lowest BCUT2D eigenvalue weighted by Crippen LogP contribution is -2.42. The fourth-order valence-corrected chi connectivity index (χ4v) is 3.90. The van der Waals surface area contributed by atoms with Gasteiger partial charge in [-0.15, -0.1) is 21.5 Å². The molecule has 0 spiro atoms. The Labute approximate surface area is 176 Å². The van der Waals surface area contributed by atoms with E-state index in [1.807, 2.05) is 32.5 Å². The molecular formula is C19H31N7O2S. The van der Waals surface area contributed by atoms with Crippen LogP contribution in [0.3, 0.4) is 0 Å². The lowest BCUT2D eigenvalue weighted by atomic mass is 10.2. The van der Waals surface area contributed by atoms with Crippen LogP contribution in [0.15, 0.2) is 10.4 Å². The average molecular weight is 422 g/mol. The second-order valence-corrected chi connectivity index (χ2v) is 8.18. The molecule has 1 saturated heterocycles. The highest BCUT2D eigenvalue weighted by Crippen LogP contribution is 2.21. The molecule has 1 aliphatic heterocycles. The van der Waals surface area contributed by atoms with E-state index in [4.69, 9.17) is 19.5 Å². The number of methoxy groups -OCH3 is 1. The monoisotopic (exact) mass is 421 g/mol. The van der Waals surface area contributed by atoms with Crippen LogP contribution in [0.1, 0.15) is 48.2 Å². The number of nitrogens with zero attached hydrogens (tertiary/aromatic N) is 6. The number of aromatic nitrogens is 4. The van der Waals surface area contributed by atoms with E-state index in [0.29, 0.717) is 13.1 Å². The third kappa shape index (κ3) is 5.74. The highest BCUT2D eigenvalue weighted by molar-refractivity contribution is 7.09. The first kappa shape index (κ1) is 21.7. The van der Waals surface area contributed by atoms with Gasteiger partial charge >= 0.3 is 0 Å². The van der Waals surface area contributed by atoms with E-state index in [1.165, 1.54) is 0 Å². The Morgan fingerprint density at radius 3 is 3.00 bits per heavy atom. The Morgan fingerprint density at radius 2 is 2.34 bits per heavy atom. The minimum Gasteiger partial charge on any atom is -0.376 e. The van der Waals surface area contributed by atoms with E-state index in [9.17, 15) is 0 Å². The number of guanidine groups is 1. The molecule has 1 aliphatic rings. The topological polar surface area (TPSA) is 89.7 Å². The van der Waals surface area contributed by atoms with Crippen molar-refractivity contribution in [2.75, 3.05) is 27.3 Å². The number of hydrogen-bond acceptors (Lipinski definition) is 7. The van der Waals surface area contributed by atoms with Crippen LogP contribution in [0.2, 0.25) is 0 Å². The molecule has 1 N–H and O–H groups in total. The maximum Gasteiger partial charge on any atom is 0.194 e. The van der Waals surface area contributed by atoms with Crippen LogP contribution in [-0.2, 0) is 29.6 Å². The van der Waals surface area contributed by atoms with Crippen molar-refractivity contribution in [1.29, 1.82) is 0 Å². The lowest BCUT2D eigenvalue weighted by Gasteiger charge is -2.23. The molecule has 3 heterocycles. The molecule has 160 valence electrons. The van der Waals surface area contributed by atoms with Gasteiger partial charge in [0.15, 0.2) is 11.8 Å². The van der Waals surface area contributed by atoms with Gasteiger partial charge in [-0.2, -0.15) is 0 Å². The van der Waals surface area contributed by atoms with Crippen molar-refractivity contribution in [3.8, 4) is 0 Å². The number of thiazole rings is 1. The number of aliphatic imine (C=N–C) groups is 1. The molecule has 0 radical (unpaired) electrons. The van der Waals surface area contributed by atoms with Crippen LogP contribution in [0, 0.1) is 6.92 Å². The second-order valence-electron chi connectivity index (χ2n) is 7.29. The van der Waals surface area contributed by atoms with Crippen LogP contribution in [-0.4, -0.2) is 64.0 Å². The van der Waals surface area contributed by atoms with E-state index < -0.39 is 0 Å². The van der Waals surface area contributed by atoms with Gasteiger partial charge in [-0.3, -0.25) is 0 Å². The van der Waals surface area contributed by atoms with Crippen LogP contribution >= 0.6 is 11.3 Å². The van der Waals surface area contributed by atoms with E-state index in [2.05, 4.69) is 25.8 Å². The van der Waals surface area contributed by atoms with Crippen molar-refractivity contribution in [1.82, 2.24) is 30.0 Å². The summed E-state index contributed by atoms with van der Waals surface area (Å²) in [5, 5.41) is 14.8. The van der Waals surface area contributed by atoms with Gasteiger partial charge < -0.3 is 24.3 Å². The molecule has 10 heteroatoms. The minimum absolute atomic E-state index is 0.00369. The predicted octanol–water partition coefficient (Wildman–Crippen LogP) is 2.04. The standard InChI is InChI=1S/C19H31N7O2S/c1-13(27-5)18-22-15(12-29-18)11-25(3)19(20-9-16-7-6-8-28-16)21-10-17-24-23-14(2)26(17)4/h12-13,16H,6-11H2,1-5H3,(H,20,21). The number of aryl methyl sites for hydroxylation is 1. The van der Waals surface area contributed by atoms with Crippen LogP contribution in [0.25, 0.3) is 0 Å². The lowest BCUT2D eigenvalue weighted by molar-refractivity contribution is 0.113. The van der Waals surface area contributed by atoms with E-state index in [0.717, 1.165) is 54.3 Å². The molecule has 0 bridgehead atoms. The number of ether oxygens (including phenoxy) is 2. The summed E-state index contributed by atoms with van der Waals surface area (Å²) in [5.41, 5.74) is 0.998. The normalized spacial score (nSPS) is 18.2. The van der Waals surface area contributed by atoms with Crippen molar-refractivity contribution in [3.05, 3.63) is 27.7 Å². The summed E-state index contributed by atoms with van der Waals surface area (Å²) < 4.78 is 13.1. The Hall–Kier alpha value is -2.04. The zero-order valence-corrected chi connectivity index (χ0v) is 18.7. The molecule has 0 saturated carbocycles. The highest BCUT2D eigenvalue weighted by Gasteiger charge is 2.18. The molecule has 2 aromatic heterocycles. The first-order valence-corrected chi connectivity index (χ1v) is 10.8. The van der Waals surface area contributed by atoms with Crippen molar-refractivity contribution in [2.45, 2.75) is 52.0 Å². The average Bonchev–Trinajstić information content (AvgIpc) is 3.46. The van der Waals surface area contributed by atoms with E-state index in [1.54, 1.807) is 18.4 Å². The van der Waals surface area contributed by atoms with E-state index in [-0.39, 0.29) is 12.2 Å². The number of nitrogens with one attached hydrogen (secondary N) is 1. The molecule has 2 aromatic rings. The van der Waals surface area contributed by atoms with Crippen molar-refractivity contribution >= 4 is 17.3 Å². The summed E-state index contributed by atoms with van der Waals surface area (Å²) >= 11 is 1.62. The highest BCUT2D eigenvalue weighted by atomic mass is 32.1. The summed E-state index contributed by atoms with van der Waals surface area (Å²) in [6.07, 6.45) is 2.44. The fourth-order valence-electron chi connectivity index (χ4n) is 3.06. The molecule has 2 unspecified atom stereocenters. The fraction of sp³-hybridized carbons (Fsp3) is 0.684. The molecular weight excluding hydrogens is 390 g/mol. The van der Waals surface area contributed by atoms with Gasteiger partial charge in [-0.05, 0) is 26.7 Å². The Balaban J connectivity index is 1.69. The Bertz CT molecular complexity index is 813. The summed E-state index contributed by atoms with van der Waals surface area (Å²) in [7, 11) is 5.67. The van der Waals surface area contributed by atoms with Crippen molar-refractivity contribution in [2.24, 2.45) is 12.0 Å². The molecule has 0 aromatic carbocycles. The van der Waals surface area contributed by atoms with Gasteiger partial charge in [-0.1, -0.05) is 0 Å². The zero-order chi connectivity index (χ0) is 20.8. The summed E-state index contributed by atoms with van der Waals surface area (Å²) in [5.74, 6) is 2.51. The van der Waals surface area contributed by atoms with Crippen LogP contribution < -0.4 is 5.32 Å². The Morgan fingerprint density at radius 1 is 1.52 bits per heavy atom. The quantitative estimate of drug-likeness (QED) is 0.515. The second kappa shape index (κ2) is 10.1. The van der Waals surface area contributed by atoms with Crippen LogP contribution in [0.5, 0.6) is 0 Å². The van der Waals surface area contributed by atoms with Gasteiger partial charge in [0.1, 0.15) is 23.5 Å². The van der Waals surface area contributed by atoms with Gasteiger partial charge in [-0.25, -0.2) is 9.98 Å². The zero-order valence-electron chi connectivity index (χ0n) is 17.9. The molecule has 29 heavy (non-hydrogen) atoms. The van der Waals surface area contributed by atoms with Crippen LogP contribution in [0.4, 0.5) is 0 Å². The Kier molecular flexibility index (Phi) is 7.57.